The van der Waals surface area contributed by atoms with Gasteiger partial charge in [0.2, 0.25) is 0 Å². The Kier molecular flexibility index (Phi) is 2.39. The Morgan fingerprint density at radius 2 is 2.31 bits per heavy atom. The number of halogens is 1. The third-order valence-electron chi connectivity index (χ3n) is 2.03. The number of carbonyl (C=O) groups excluding carboxylic acids is 1. The third-order valence-corrected chi connectivity index (χ3v) is 2.56. The van der Waals surface area contributed by atoms with Crippen LogP contribution in [-0.4, -0.2) is 12.0 Å². The highest BCUT2D eigenvalue weighted by molar-refractivity contribution is 14.1. The maximum atomic E-state index is 11.2. The molecular formula is C9H8INO2. The van der Waals surface area contributed by atoms with Crippen molar-refractivity contribution in [2.24, 2.45) is 0 Å². The molecule has 0 bridgehead atoms. The number of fused-ring (bicyclic) bond motifs is 1. The summed E-state index contributed by atoms with van der Waals surface area (Å²) in [6.45, 7) is 0. The molecule has 0 fully saturated rings. The fraction of sp³-hybridized carbons (Fsp3) is 0.222. The lowest BCUT2D eigenvalue weighted by atomic mass is 10.1. The first-order valence-electron chi connectivity index (χ1n) is 3.96. The molecule has 1 aromatic carbocycles. The molecule has 3 nitrogen and oxygen atoms in total. The van der Waals surface area contributed by atoms with E-state index >= 15 is 0 Å². The summed E-state index contributed by atoms with van der Waals surface area (Å²) in [5.41, 5.74) is 1.10. The number of para-hydroxylation sites is 1. The van der Waals surface area contributed by atoms with Gasteiger partial charge in [-0.3, -0.25) is 8.32 Å². The number of benzene rings is 1. The zero-order valence-electron chi connectivity index (χ0n) is 6.79. The van der Waals surface area contributed by atoms with Crippen molar-refractivity contribution < 1.29 is 9.53 Å². The minimum atomic E-state index is -0.353. The molecule has 0 radical (unpaired) electrons. The standard InChI is InChI=1S/C9H8INO2/c10-11-9(12)8-5-6-3-1-2-4-7(6)13-8/h1-4,8H,5H2,(H,11,12). The summed E-state index contributed by atoms with van der Waals surface area (Å²) in [6.07, 6.45) is 0.319. The van der Waals surface area contributed by atoms with Crippen LogP contribution >= 0.6 is 22.9 Å². The molecule has 13 heavy (non-hydrogen) atoms. The van der Waals surface area contributed by atoms with Gasteiger partial charge in [-0.1, -0.05) is 18.2 Å². The van der Waals surface area contributed by atoms with E-state index < -0.39 is 0 Å². The van der Waals surface area contributed by atoms with Crippen LogP contribution in [0.1, 0.15) is 5.56 Å². The number of amides is 1. The summed E-state index contributed by atoms with van der Waals surface area (Å²) in [4.78, 5) is 11.2. The lowest BCUT2D eigenvalue weighted by Crippen LogP contribution is -2.31. The Bertz CT molecular complexity index is 315. The number of hydrogen-bond acceptors (Lipinski definition) is 2. The molecule has 1 aliphatic rings. The van der Waals surface area contributed by atoms with E-state index in [1.54, 1.807) is 0 Å². The van der Waals surface area contributed by atoms with Gasteiger partial charge in [-0.25, -0.2) is 0 Å². The summed E-state index contributed by atoms with van der Waals surface area (Å²) in [5, 5.41) is 0. The number of nitrogens with one attached hydrogen (secondary N) is 1. The lowest BCUT2D eigenvalue weighted by Gasteiger charge is -2.06. The summed E-state index contributed by atoms with van der Waals surface area (Å²) < 4.78 is 7.99. The molecule has 1 N–H and O–H groups in total. The fourth-order valence-corrected chi connectivity index (χ4v) is 1.74. The zero-order valence-corrected chi connectivity index (χ0v) is 8.95. The summed E-state index contributed by atoms with van der Waals surface area (Å²) in [6, 6.07) is 7.72. The van der Waals surface area contributed by atoms with E-state index in [9.17, 15) is 4.79 Å². The molecule has 0 saturated heterocycles. The van der Waals surface area contributed by atoms with Gasteiger partial charge in [0.15, 0.2) is 6.10 Å². The second-order valence-electron chi connectivity index (χ2n) is 2.88. The molecule has 1 atom stereocenters. The van der Waals surface area contributed by atoms with E-state index in [4.69, 9.17) is 4.74 Å². The first kappa shape index (κ1) is 8.80. The van der Waals surface area contributed by atoms with Crippen LogP contribution in [0.3, 0.4) is 0 Å². The highest BCUT2D eigenvalue weighted by atomic mass is 127. The molecule has 0 spiro atoms. The first-order chi connectivity index (χ1) is 6.31. The maximum absolute atomic E-state index is 11.2. The van der Waals surface area contributed by atoms with Gasteiger partial charge in [0.25, 0.3) is 5.91 Å². The van der Waals surface area contributed by atoms with Crippen LogP contribution in [0.5, 0.6) is 5.75 Å². The Balaban J connectivity index is 2.18. The molecule has 2 rings (SSSR count). The molecule has 1 aromatic rings. The van der Waals surface area contributed by atoms with Crippen LogP contribution in [-0.2, 0) is 11.2 Å². The average Bonchev–Trinajstić information content (AvgIpc) is 2.59. The van der Waals surface area contributed by atoms with Gasteiger partial charge in [-0.2, -0.15) is 0 Å². The van der Waals surface area contributed by atoms with E-state index in [1.165, 1.54) is 0 Å². The van der Waals surface area contributed by atoms with E-state index in [0.717, 1.165) is 11.3 Å². The topological polar surface area (TPSA) is 38.3 Å². The van der Waals surface area contributed by atoms with E-state index in [-0.39, 0.29) is 12.0 Å². The van der Waals surface area contributed by atoms with Gasteiger partial charge in [-0.05, 0) is 11.6 Å². The van der Waals surface area contributed by atoms with Crippen molar-refractivity contribution in [1.82, 2.24) is 3.53 Å². The second-order valence-corrected chi connectivity index (χ2v) is 3.42. The largest absolute Gasteiger partial charge is 0.480 e. The number of hydrogen-bond donors (Lipinski definition) is 1. The quantitative estimate of drug-likeness (QED) is 0.628. The zero-order chi connectivity index (χ0) is 9.26. The Labute approximate surface area is 90.0 Å². The van der Waals surface area contributed by atoms with Crippen molar-refractivity contribution >= 4 is 28.8 Å². The lowest BCUT2D eigenvalue weighted by molar-refractivity contribution is -0.124. The number of carbonyl (C=O) groups is 1. The fourth-order valence-electron chi connectivity index (χ4n) is 1.39. The molecule has 4 heteroatoms. The van der Waals surface area contributed by atoms with Gasteiger partial charge in [-0.15, -0.1) is 0 Å². The second kappa shape index (κ2) is 3.53. The van der Waals surface area contributed by atoms with Gasteiger partial charge >= 0.3 is 0 Å². The molecule has 0 aliphatic carbocycles. The minimum absolute atomic E-state index is 0.0724. The van der Waals surface area contributed by atoms with Gasteiger partial charge in [0.1, 0.15) is 5.75 Å². The van der Waals surface area contributed by atoms with Crippen LogP contribution in [0, 0.1) is 0 Å². The van der Waals surface area contributed by atoms with Crippen LogP contribution < -0.4 is 8.27 Å². The Hall–Kier alpha value is -0.780. The molecule has 68 valence electrons. The van der Waals surface area contributed by atoms with Crippen LogP contribution in [0.25, 0.3) is 0 Å². The van der Waals surface area contributed by atoms with E-state index in [2.05, 4.69) is 3.53 Å². The molecule has 1 aliphatic heterocycles. The van der Waals surface area contributed by atoms with Crippen molar-refractivity contribution in [1.29, 1.82) is 0 Å². The molecular weight excluding hydrogens is 281 g/mol. The maximum Gasteiger partial charge on any atom is 0.270 e. The van der Waals surface area contributed by atoms with Crippen LogP contribution in [0.4, 0.5) is 0 Å². The summed E-state index contributed by atoms with van der Waals surface area (Å²) >= 11 is 1.82. The van der Waals surface area contributed by atoms with Gasteiger partial charge in [0, 0.05) is 6.42 Å². The van der Waals surface area contributed by atoms with Crippen molar-refractivity contribution in [3.63, 3.8) is 0 Å². The monoisotopic (exact) mass is 289 g/mol. The Morgan fingerprint density at radius 3 is 3.00 bits per heavy atom. The van der Waals surface area contributed by atoms with Crippen LogP contribution in [0.15, 0.2) is 24.3 Å². The smallest absolute Gasteiger partial charge is 0.270 e. The van der Waals surface area contributed by atoms with E-state index in [1.807, 2.05) is 47.1 Å². The SMILES string of the molecule is O=C(NI)C1Cc2ccccc2O1. The van der Waals surface area contributed by atoms with Crippen molar-refractivity contribution in [2.75, 3.05) is 0 Å². The van der Waals surface area contributed by atoms with Gasteiger partial charge < -0.3 is 4.74 Å². The average molecular weight is 289 g/mol. The molecule has 1 unspecified atom stereocenters. The van der Waals surface area contributed by atoms with E-state index in [0.29, 0.717) is 6.42 Å². The first-order valence-corrected chi connectivity index (χ1v) is 5.04. The van der Waals surface area contributed by atoms with Crippen molar-refractivity contribution in [3.05, 3.63) is 29.8 Å². The predicted octanol–water partition coefficient (Wildman–Crippen LogP) is 1.46. The van der Waals surface area contributed by atoms with Gasteiger partial charge in [0.05, 0.1) is 22.9 Å². The van der Waals surface area contributed by atoms with Crippen molar-refractivity contribution in [3.8, 4) is 5.75 Å². The normalized spacial score (nSPS) is 19.0. The van der Waals surface area contributed by atoms with Crippen molar-refractivity contribution in [2.45, 2.75) is 12.5 Å². The third kappa shape index (κ3) is 1.63. The molecule has 0 aromatic heterocycles. The summed E-state index contributed by atoms with van der Waals surface area (Å²) in [7, 11) is 0. The predicted molar refractivity (Wildman–Crippen MR) is 56.7 cm³/mol. The highest BCUT2D eigenvalue weighted by Gasteiger charge is 2.27. The molecule has 1 heterocycles. The summed E-state index contributed by atoms with van der Waals surface area (Å²) in [5.74, 6) is 0.754. The molecule has 0 saturated carbocycles. The van der Waals surface area contributed by atoms with Crippen LogP contribution in [0.2, 0.25) is 0 Å². The molecule has 1 amide bonds. The number of ether oxygens (including phenoxy) is 1. The number of rotatable bonds is 1. The highest BCUT2D eigenvalue weighted by Crippen LogP contribution is 2.28. The Morgan fingerprint density at radius 1 is 1.54 bits per heavy atom. The minimum Gasteiger partial charge on any atom is -0.480 e.